The van der Waals surface area contributed by atoms with Gasteiger partial charge < -0.3 is 4.90 Å². The molecule has 0 N–H and O–H groups in total. The number of halogens is 1. The van der Waals surface area contributed by atoms with Crippen LogP contribution in [0.25, 0.3) is 5.57 Å². The highest BCUT2D eigenvalue weighted by Crippen LogP contribution is 2.46. The van der Waals surface area contributed by atoms with Crippen molar-refractivity contribution in [2.75, 3.05) is 20.6 Å². The Morgan fingerprint density at radius 1 is 1.05 bits per heavy atom. The van der Waals surface area contributed by atoms with Crippen LogP contribution in [0.15, 0.2) is 62.8 Å². The first-order valence-corrected chi connectivity index (χ1v) is 8.68. The summed E-state index contributed by atoms with van der Waals surface area (Å²) >= 11 is 5.47. The predicted molar refractivity (Wildman–Crippen MR) is 95.0 cm³/mol. The average Bonchev–Trinajstić information content (AvgIpc) is 2.46. The molecule has 0 spiro atoms. The van der Waals surface area contributed by atoms with Crippen LogP contribution < -0.4 is 0 Å². The van der Waals surface area contributed by atoms with Crippen molar-refractivity contribution in [2.45, 2.75) is 16.2 Å². The van der Waals surface area contributed by atoms with Gasteiger partial charge in [-0.1, -0.05) is 52.0 Å². The third kappa shape index (κ3) is 3.25. The molecule has 2 aromatic carbocycles. The minimum absolute atomic E-state index is 1.06. The molecule has 1 aliphatic heterocycles. The van der Waals surface area contributed by atoms with Crippen molar-refractivity contribution in [3.8, 4) is 0 Å². The fourth-order valence-electron chi connectivity index (χ4n) is 2.53. The van der Waals surface area contributed by atoms with E-state index in [-0.39, 0.29) is 0 Å². The summed E-state index contributed by atoms with van der Waals surface area (Å²) < 4.78 is 1.14. The van der Waals surface area contributed by atoms with Gasteiger partial charge in [-0.3, -0.25) is 0 Å². The van der Waals surface area contributed by atoms with Crippen molar-refractivity contribution in [2.24, 2.45) is 0 Å². The number of hydrogen-bond acceptors (Lipinski definition) is 2. The average molecular weight is 360 g/mol. The predicted octanol–water partition coefficient (Wildman–Crippen LogP) is 5.30. The van der Waals surface area contributed by atoms with Gasteiger partial charge >= 0.3 is 0 Å². The highest BCUT2D eigenvalue weighted by Gasteiger charge is 2.20. The van der Waals surface area contributed by atoms with Gasteiger partial charge in [-0.25, -0.2) is 0 Å². The zero-order valence-electron chi connectivity index (χ0n) is 12.3. The van der Waals surface area contributed by atoms with Gasteiger partial charge in [0.25, 0.3) is 0 Å². The van der Waals surface area contributed by atoms with Crippen molar-refractivity contribution < 1.29 is 0 Å². The Kier molecular flexibility index (Phi) is 4.53. The highest BCUT2D eigenvalue weighted by atomic mass is 79.9. The number of benzene rings is 2. The molecule has 1 heterocycles. The third-order valence-electron chi connectivity index (χ3n) is 3.55. The topological polar surface area (TPSA) is 3.24 Å². The molecule has 0 amide bonds. The molecular weight excluding hydrogens is 342 g/mol. The summed E-state index contributed by atoms with van der Waals surface area (Å²) in [6, 6.07) is 15.3. The Hall–Kier alpha value is -1.03. The van der Waals surface area contributed by atoms with E-state index in [0.29, 0.717) is 0 Å². The van der Waals surface area contributed by atoms with E-state index in [2.05, 4.69) is 83.5 Å². The van der Waals surface area contributed by atoms with Gasteiger partial charge in [0.15, 0.2) is 0 Å². The molecule has 0 aliphatic carbocycles. The molecule has 1 nitrogen and oxygen atoms in total. The summed E-state index contributed by atoms with van der Waals surface area (Å²) in [5, 5.41) is 0. The van der Waals surface area contributed by atoms with Crippen LogP contribution in [-0.4, -0.2) is 25.5 Å². The first-order chi connectivity index (χ1) is 10.1. The Morgan fingerprint density at radius 3 is 2.62 bits per heavy atom. The van der Waals surface area contributed by atoms with Crippen LogP contribution in [0, 0.1) is 0 Å². The largest absolute Gasteiger partial charge is 0.309 e. The van der Waals surface area contributed by atoms with Crippen molar-refractivity contribution in [1.29, 1.82) is 0 Å². The van der Waals surface area contributed by atoms with Crippen LogP contribution in [0.4, 0.5) is 0 Å². The van der Waals surface area contributed by atoms with E-state index in [1.54, 1.807) is 0 Å². The van der Waals surface area contributed by atoms with Crippen molar-refractivity contribution >= 4 is 33.3 Å². The zero-order valence-corrected chi connectivity index (χ0v) is 14.7. The number of nitrogens with zero attached hydrogens (tertiary/aromatic N) is 1. The smallest absolute Gasteiger partial charge is 0.0201 e. The number of fused-ring (bicyclic) bond motifs is 2. The Bertz CT molecular complexity index is 691. The second-order valence-corrected chi connectivity index (χ2v) is 7.45. The molecule has 0 aromatic heterocycles. The molecule has 108 valence electrons. The monoisotopic (exact) mass is 359 g/mol. The summed E-state index contributed by atoms with van der Waals surface area (Å²) in [4.78, 5) is 4.92. The second-order valence-electron chi connectivity index (χ2n) is 5.45. The van der Waals surface area contributed by atoms with Gasteiger partial charge in [-0.2, -0.15) is 0 Å². The third-order valence-corrected chi connectivity index (χ3v) is 5.20. The van der Waals surface area contributed by atoms with Gasteiger partial charge in [0, 0.05) is 20.8 Å². The summed E-state index contributed by atoms with van der Waals surface area (Å²) in [5.41, 5.74) is 4.06. The summed E-state index contributed by atoms with van der Waals surface area (Å²) in [7, 11) is 4.24. The quantitative estimate of drug-likeness (QED) is 0.624. The van der Waals surface area contributed by atoms with E-state index >= 15 is 0 Å². The second kappa shape index (κ2) is 6.39. The van der Waals surface area contributed by atoms with E-state index in [1.807, 2.05) is 11.8 Å². The van der Waals surface area contributed by atoms with Crippen molar-refractivity contribution in [3.05, 3.63) is 64.1 Å². The van der Waals surface area contributed by atoms with Gasteiger partial charge in [0.2, 0.25) is 0 Å². The van der Waals surface area contributed by atoms with Crippen LogP contribution in [0.1, 0.15) is 17.5 Å². The van der Waals surface area contributed by atoms with E-state index in [0.717, 1.165) is 17.4 Å². The molecule has 0 saturated carbocycles. The van der Waals surface area contributed by atoms with Crippen LogP contribution in [-0.2, 0) is 0 Å². The Morgan fingerprint density at radius 2 is 1.81 bits per heavy atom. The normalized spacial score (nSPS) is 15.1. The molecule has 2 aromatic rings. The Balaban J connectivity index is 2.06. The van der Waals surface area contributed by atoms with Crippen LogP contribution in [0.5, 0.6) is 0 Å². The minimum Gasteiger partial charge on any atom is -0.309 e. The maximum atomic E-state index is 3.60. The standard InChI is InChI=1S/C18H18BrNS/c1-20(2)11-5-7-14-15-6-3-4-8-17(15)21-18-10-9-13(19)12-16(14)18/h3-4,6-10,12H,5,11H2,1-2H3. The molecule has 0 unspecified atom stereocenters. The fourth-order valence-corrected chi connectivity index (χ4v) is 3.98. The maximum absolute atomic E-state index is 3.60. The van der Waals surface area contributed by atoms with Gasteiger partial charge in [-0.05, 0) is 61.5 Å². The first-order valence-electron chi connectivity index (χ1n) is 7.07. The molecule has 1 aliphatic rings. The van der Waals surface area contributed by atoms with E-state index in [9.17, 15) is 0 Å². The number of hydrogen-bond donors (Lipinski definition) is 0. The lowest BCUT2D eigenvalue weighted by Gasteiger charge is -2.22. The van der Waals surface area contributed by atoms with Gasteiger partial charge in [0.05, 0.1) is 0 Å². The van der Waals surface area contributed by atoms with Gasteiger partial charge in [0.1, 0.15) is 0 Å². The van der Waals surface area contributed by atoms with Crippen LogP contribution in [0.3, 0.4) is 0 Å². The lowest BCUT2D eigenvalue weighted by molar-refractivity contribution is 0.417. The van der Waals surface area contributed by atoms with E-state index in [4.69, 9.17) is 0 Å². The molecule has 0 radical (unpaired) electrons. The van der Waals surface area contributed by atoms with E-state index in [1.165, 1.54) is 26.5 Å². The van der Waals surface area contributed by atoms with Gasteiger partial charge in [-0.15, -0.1) is 0 Å². The van der Waals surface area contributed by atoms with Crippen molar-refractivity contribution in [1.82, 2.24) is 4.90 Å². The maximum Gasteiger partial charge on any atom is 0.0201 e. The first kappa shape index (κ1) is 14.9. The molecular formula is C18H18BrNS. The lowest BCUT2D eigenvalue weighted by Crippen LogP contribution is -2.12. The fraction of sp³-hybridized carbons (Fsp3) is 0.222. The summed E-state index contributed by atoms with van der Waals surface area (Å²) in [6.45, 7) is 1.07. The summed E-state index contributed by atoms with van der Waals surface area (Å²) in [6.07, 6.45) is 3.44. The highest BCUT2D eigenvalue weighted by molar-refractivity contribution is 9.10. The molecule has 21 heavy (non-hydrogen) atoms. The molecule has 3 rings (SSSR count). The molecule has 0 fully saturated rings. The van der Waals surface area contributed by atoms with Crippen molar-refractivity contribution in [3.63, 3.8) is 0 Å². The molecule has 3 heteroatoms. The molecule has 0 saturated heterocycles. The molecule has 0 atom stereocenters. The van der Waals surface area contributed by atoms with Crippen LogP contribution >= 0.6 is 27.7 Å². The Labute approximate surface area is 139 Å². The van der Waals surface area contributed by atoms with E-state index < -0.39 is 0 Å². The van der Waals surface area contributed by atoms with Crippen LogP contribution in [0.2, 0.25) is 0 Å². The SMILES string of the molecule is CN(C)CCC=C1c2ccccc2Sc2ccc(Br)cc21. The molecule has 0 bridgehead atoms. The zero-order chi connectivity index (χ0) is 14.8. The summed E-state index contributed by atoms with van der Waals surface area (Å²) in [5.74, 6) is 0. The lowest BCUT2D eigenvalue weighted by atomic mass is 9.96. The number of rotatable bonds is 3. The minimum atomic E-state index is 1.06.